The Morgan fingerprint density at radius 2 is 1.92 bits per heavy atom. The fourth-order valence-corrected chi connectivity index (χ4v) is 6.31. The molecule has 7 nitrogen and oxygen atoms in total. The van der Waals surface area contributed by atoms with Crippen LogP contribution in [0.15, 0.2) is 42.5 Å². The van der Waals surface area contributed by atoms with Crippen molar-refractivity contribution < 1.29 is 9.53 Å². The molecular weight excluding hydrogens is 450 g/mol. The van der Waals surface area contributed by atoms with Gasteiger partial charge in [-0.05, 0) is 80.5 Å². The second kappa shape index (κ2) is 8.37. The van der Waals surface area contributed by atoms with Crippen molar-refractivity contribution in [3.8, 4) is 17.3 Å². The highest BCUT2D eigenvalue weighted by atomic mass is 16.5. The van der Waals surface area contributed by atoms with Gasteiger partial charge < -0.3 is 24.1 Å². The van der Waals surface area contributed by atoms with Crippen LogP contribution in [0.4, 0.5) is 0 Å². The summed E-state index contributed by atoms with van der Waals surface area (Å²) in [5.74, 6) is 2.23. The molecule has 7 heteroatoms. The number of hydrogen-bond donors (Lipinski definition) is 1. The van der Waals surface area contributed by atoms with Crippen LogP contribution >= 0.6 is 0 Å². The van der Waals surface area contributed by atoms with Crippen LogP contribution in [0.1, 0.15) is 36.0 Å². The number of aryl methyl sites for hydroxylation is 1. The van der Waals surface area contributed by atoms with E-state index < -0.39 is 0 Å². The summed E-state index contributed by atoms with van der Waals surface area (Å²) in [7, 11) is 3.78. The minimum Gasteiger partial charge on any atom is -0.481 e. The van der Waals surface area contributed by atoms with E-state index in [1.54, 1.807) is 7.11 Å². The van der Waals surface area contributed by atoms with Gasteiger partial charge in [0, 0.05) is 60.6 Å². The van der Waals surface area contributed by atoms with E-state index in [4.69, 9.17) is 9.72 Å². The molecule has 2 unspecified atom stereocenters. The van der Waals surface area contributed by atoms with E-state index in [1.807, 2.05) is 17.0 Å². The number of ether oxygens (including phenoxy) is 1. The van der Waals surface area contributed by atoms with Gasteiger partial charge >= 0.3 is 0 Å². The van der Waals surface area contributed by atoms with E-state index in [1.165, 1.54) is 25.0 Å². The quantitative estimate of drug-likeness (QED) is 0.456. The summed E-state index contributed by atoms with van der Waals surface area (Å²) < 4.78 is 10.0. The van der Waals surface area contributed by atoms with Crippen LogP contribution in [0.5, 0.6) is 5.88 Å². The summed E-state index contributed by atoms with van der Waals surface area (Å²) >= 11 is 0. The van der Waals surface area contributed by atoms with E-state index in [0.29, 0.717) is 17.8 Å². The maximum atomic E-state index is 13.4. The number of likely N-dealkylation sites (tertiary alicyclic amines) is 1. The lowest BCUT2D eigenvalue weighted by molar-refractivity contribution is 0.0669. The summed E-state index contributed by atoms with van der Waals surface area (Å²) in [6.45, 7) is 3.72. The molecular formula is C29H33N5O2. The van der Waals surface area contributed by atoms with Crippen LogP contribution in [0.3, 0.4) is 0 Å². The molecule has 3 aliphatic rings. The highest BCUT2D eigenvalue weighted by Gasteiger charge is 2.34. The summed E-state index contributed by atoms with van der Waals surface area (Å²) in [6.07, 6.45) is 4.89. The van der Waals surface area contributed by atoms with Gasteiger partial charge in [-0.15, -0.1) is 0 Å². The first-order valence-corrected chi connectivity index (χ1v) is 13.3. The Hall–Kier alpha value is -3.32. The number of amides is 1. The summed E-state index contributed by atoms with van der Waals surface area (Å²) in [5, 5.41) is 5.80. The molecule has 2 aliphatic heterocycles. The van der Waals surface area contributed by atoms with Crippen molar-refractivity contribution in [2.24, 2.45) is 18.9 Å². The predicted octanol–water partition coefficient (Wildman–Crippen LogP) is 4.44. The monoisotopic (exact) mass is 483 g/mol. The first-order valence-electron chi connectivity index (χ1n) is 13.3. The van der Waals surface area contributed by atoms with Crippen molar-refractivity contribution in [3.05, 3.63) is 48.0 Å². The van der Waals surface area contributed by atoms with E-state index in [9.17, 15) is 4.79 Å². The molecule has 7 rings (SSSR count). The average molecular weight is 484 g/mol. The minimum absolute atomic E-state index is 0.147. The smallest absolute Gasteiger partial charge is 0.253 e. The van der Waals surface area contributed by atoms with Crippen LogP contribution in [-0.2, 0) is 13.6 Å². The number of rotatable bonds is 5. The summed E-state index contributed by atoms with van der Waals surface area (Å²) in [6, 6.07) is 15.1. The molecule has 1 saturated carbocycles. The summed E-state index contributed by atoms with van der Waals surface area (Å²) in [4.78, 5) is 20.3. The van der Waals surface area contributed by atoms with Crippen LogP contribution in [0.25, 0.3) is 33.3 Å². The molecule has 2 atom stereocenters. The first kappa shape index (κ1) is 21.9. The fraction of sp³-hybridized carbons (Fsp3) is 0.448. The lowest BCUT2D eigenvalue weighted by Gasteiger charge is -2.35. The van der Waals surface area contributed by atoms with Crippen molar-refractivity contribution in [1.29, 1.82) is 0 Å². The average Bonchev–Trinajstić information content (AvgIpc) is 3.34. The van der Waals surface area contributed by atoms with Crippen LogP contribution in [-0.4, -0.2) is 57.7 Å². The number of benzene rings is 1. The van der Waals surface area contributed by atoms with E-state index in [2.05, 4.69) is 51.8 Å². The third kappa shape index (κ3) is 3.60. The number of carbonyl (C=O) groups excluding carboxylic acids is 1. The number of nitrogens with zero attached hydrogens (tertiary/aromatic N) is 4. The number of aromatic nitrogens is 3. The normalized spacial score (nSPS) is 21.9. The number of carbonyl (C=O) groups is 1. The Morgan fingerprint density at radius 3 is 2.75 bits per heavy atom. The molecule has 1 aliphatic carbocycles. The lowest BCUT2D eigenvalue weighted by atomic mass is 9.92. The Balaban J connectivity index is 1.26. The second-order valence-electron chi connectivity index (χ2n) is 10.9. The molecule has 0 radical (unpaired) electrons. The predicted molar refractivity (Wildman–Crippen MR) is 141 cm³/mol. The number of piperidine rings is 1. The van der Waals surface area contributed by atoms with E-state index in [0.717, 1.165) is 71.7 Å². The largest absolute Gasteiger partial charge is 0.481 e. The molecule has 186 valence electrons. The number of pyridine rings is 1. The van der Waals surface area contributed by atoms with Gasteiger partial charge in [0.25, 0.3) is 5.91 Å². The Kier molecular flexibility index (Phi) is 5.10. The van der Waals surface area contributed by atoms with Crippen molar-refractivity contribution in [1.82, 2.24) is 24.3 Å². The molecule has 36 heavy (non-hydrogen) atoms. The lowest BCUT2D eigenvalue weighted by Crippen LogP contribution is -2.48. The molecule has 0 spiro atoms. The SMILES string of the molecule is COc1ccc2cc(-c3cc4cc(C(=O)N5CCC6CCNC6C5)ccc4n3C)n(CC3CC3)c2n1. The standard InChI is InChI=1S/C29H33N5O2/c1-32-24-7-5-21(29(35)33-12-10-19-9-11-30-23(19)17-33)13-22(24)15-25(32)26-14-20-6-8-27(36-2)31-28(20)34(26)16-18-3-4-18/h5-8,13-15,18-19,23,30H,3-4,9-12,16-17H2,1-2H3. The third-order valence-corrected chi connectivity index (χ3v) is 8.58. The second-order valence-corrected chi connectivity index (χ2v) is 10.9. The van der Waals surface area contributed by atoms with Gasteiger partial charge in [0.2, 0.25) is 5.88 Å². The van der Waals surface area contributed by atoms with E-state index >= 15 is 0 Å². The Bertz CT molecular complexity index is 1480. The Labute approximate surface area is 211 Å². The molecule has 5 heterocycles. The van der Waals surface area contributed by atoms with Crippen molar-refractivity contribution in [3.63, 3.8) is 0 Å². The zero-order chi connectivity index (χ0) is 24.4. The molecule has 3 fully saturated rings. The maximum absolute atomic E-state index is 13.4. The van der Waals surface area contributed by atoms with Gasteiger partial charge in [0.1, 0.15) is 5.65 Å². The van der Waals surface area contributed by atoms with Gasteiger partial charge in [-0.3, -0.25) is 4.79 Å². The van der Waals surface area contributed by atoms with E-state index in [-0.39, 0.29) is 5.91 Å². The zero-order valence-corrected chi connectivity index (χ0v) is 21.0. The highest BCUT2D eigenvalue weighted by Crippen LogP contribution is 2.37. The molecule has 4 aromatic rings. The molecule has 1 aromatic carbocycles. The number of methoxy groups -OCH3 is 1. The number of fused-ring (bicyclic) bond motifs is 3. The van der Waals surface area contributed by atoms with Crippen molar-refractivity contribution in [2.75, 3.05) is 26.7 Å². The topological polar surface area (TPSA) is 64.3 Å². The number of hydrogen-bond acceptors (Lipinski definition) is 4. The van der Waals surface area contributed by atoms with Crippen molar-refractivity contribution in [2.45, 2.75) is 38.3 Å². The Morgan fingerprint density at radius 1 is 1.06 bits per heavy atom. The zero-order valence-electron chi connectivity index (χ0n) is 21.0. The van der Waals surface area contributed by atoms with Gasteiger partial charge in [-0.1, -0.05) is 0 Å². The van der Waals surface area contributed by atoms with Crippen molar-refractivity contribution >= 4 is 27.8 Å². The highest BCUT2D eigenvalue weighted by molar-refractivity contribution is 5.99. The van der Waals surface area contributed by atoms with Crippen LogP contribution in [0, 0.1) is 11.8 Å². The molecule has 0 bridgehead atoms. The molecule has 3 aromatic heterocycles. The summed E-state index contributed by atoms with van der Waals surface area (Å²) in [5.41, 5.74) is 5.19. The first-order chi connectivity index (χ1) is 17.6. The van der Waals surface area contributed by atoms with Crippen LogP contribution in [0.2, 0.25) is 0 Å². The maximum Gasteiger partial charge on any atom is 0.253 e. The van der Waals surface area contributed by atoms with Crippen LogP contribution < -0.4 is 10.1 Å². The molecule has 1 amide bonds. The fourth-order valence-electron chi connectivity index (χ4n) is 6.31. The number of nitrogens with one attached hydrogen (secondary N) is 1. The minimum atomic E-state index is 0.147. The molecule has 1 N–H and O–H groups in total. The van der Waals surface area contributed by atoms with Gasteiger partial charge in [0.15, 0.2) is 0 Å². The van der Waals surface area contributed by atoms with Gasteiger partial charge in [-0.25, -0.2) is 0 Å². The van der Waals surface area contributed by atoms with Gasteiger partial charge in [0.05, 0.1) is 18.5 Å². The van der Waals surface area contributed by atoms with Gasteiger partial charge in [-0.2, -0.15) is 4.98 Å². The molecule has 2 saturated heterocycles. The third-order valence-electron chi connectivity index (χ3n) is 8.58.